The lowest BCUT2D eigenvalue weighted by atomic mass is 9.85. The van der Waals surface area contributed by atoms with Crippen LogP contribution in [-0.4, -0.2) is 9.55 Å². The summed E-state index contributed by atoms with van der Waals surface area (Å²) in [5.74, 6) is 0. The SMILES string of the molecule is c1ccc(-c2nc3ccc(-c4ccc(-c5c6ccccc6c(-c6ccc7ccccc7c6)c6ccccc56)cc4)cc3c3c2ccc2c3c3ccccc3n2-c2ccccc2)cc1. The lowest BCUT2D eigenvalue weighted by Gasteiger charge is -2.18. The van der Waals surface area contributed by atoms with Crippen molar-refractivity contribution >= 4 is 75.8 Å². The molecule has 0 bridgehead atoms. The fourth-order valence-corrected chi connectivity index (χ4v) is 10.3. The van der Waals surface area contributed by atoms with Gasteiger partial charge in [0.05, 0.1) is 22.2 Å². The van der Waals surface area contributed by atoms with Crippen molar-refractivity contribution < 1.29 is 0 Å². The van der Waals surface area contributed by atoms with Gasteiger partial charge in [0, 0.05) is 38.2 Å². The Morgan fingerprint density at radius 3 is 1.56 bits per heavy atom. The van der Waals surface area contributed by atoms with Crippen LogP contribution in [0.15, 0.2) is 231 Å². The second-order valence-corrected chi connectivity index (χ2v) is 16.6. The molecule has 0 aliphatic heterocycles. The Labute approximate surface area is 364 Å². The Bertz CT molecular complexity index is 3880. The molecule has 0 N–H and O–H groups in total. The van der Waals surface area contributed by atoms with Gasteiger partial charge in [-0.3, -0.25) is 0 Å². The van der Waals surface area contributed by atoms with Crippen LogP contribution >= 0.6 is 0 Å². The number of benzene rings is 11. The Morgan fingerprint density at radius 2 is 0.841 bits per heavy atom. The molecule has 2 nitrogen and oxygen atoms in total. The predicted molar refractivity (Wildman–Crippen MR) is 268 cm³/mol. The molecule has 0 saturated carbocycles. The summed E-state index contributed by atoms with van der Waals surface area (Å²) in [5, 5.41) is 13.5. The van der Waals surface area contributed by atoms with E-state index in [4.69, 9.17) is 4.98 Å². The third kappa shape index (κ3) is 5.55. The second kappa shape index (κ2) is 14.1. The van der Waals surface area contributed by atoms with Crippen LogP contribution < -0.4 is 0 Å². The molecule has 63 heavy (non-hydrogen) atoms. The number of nitrogens with zero attached hydrogens (tertiary/aromatic N) is 2. The zero-order chi connectivity index (χ0) is 41.4. The van der Waals surface area contributed by atoms with Crippen molar-refractivity contribution in [3.63, 3.8) is 0 Å². The zero-order valence-electron chi connectivity index (χ0n) is 34.3. The van der Waals surface area contributed by atoms with Crippen LogP contribution in [0.5, 0.6) is 0 Å². The Balaban J connectivity index is 1.01. The van der Waals surface area contributed by atoms with Gasteiger partial charge >= 0.3 is 0 Å². The summed E-state index contributed by atoms with van der Waals surface area (Å²) in [6, 6.07) is 84.1. The van der Waals surface area contributed by atoms with Gasteiger partial charge in [-0.2, -0.15) is 0 Å². The monoisotopic (exact) mass is 798 g/mol. The Kier molecular flexibility index (Phi) is 7.94. The van der Waals surface area contributed by atoms with Gasteiger partial charge in [-0.25, -0.2) is 4.98 Å². The molecule has 0 radical (unpaired) electrons. The molecule has 2 heteroatoms. The van der Waals surface area contributed by atoms with Gasteiger partial charge in [0.25, 0.3) is 0 Å². The van der Waals surface area contributed by atoms with Crippen molar-refractivity contribution in [1.29, 1.82) is 0 Å². The second-order valence-electron chi connectivity index (χ2n) is 16.6. The lowest BCUT2D eigenvalue weighted by Crippen LogP contribution is -1.94. The van der Waals surface area contributed by atoms with E-state index in [0.717, 1.165) is 38.8 Å². The first-order chi connectivity index (χ1) is 31.3. The van der Waals surface area contributed by atoms with E-state index in [-0.39, 0.29) is 0 Å². The number of rotatable bonds is 5. The summed E-state index contributed by atoms with van der Waals surface area (Å²) in [6.45, 7) is 0. The van der Waals surface area contributed by atoms with Gasteiger partial charge in [0.15, 0.2) is 0 Å². The standard InChI is InChI=1S/C61H38N2/c1-3-16-42(17-4-1)61-52-34-36-56-60(51-25-13-14-26-55(51)63(56)46-19-5-2-6-20-46)59(52)53-38-44(33-35-54(53)62-61)40-27-30-41(31-28-40)57-47-21-9-11-23-49(47)58(50-24-12-10-22-48(50)57)45-32-29-39-15-7-8-18-43(39)37-45/h1-38H. The summed E-state index contributed by atoms with van der Waals surface area (Å²) < 4.78 is 2.41. The molecule has 0 aliphatic rings. The molecule has 0 spiro atoms. The number of fused-ring (bicyclic) bond motifs is 10. The van der Waals surface area contributed by atoms with Crippen LogP contribution in [0.1, 0.15) is 0 Å². The van der Waals surface area contributed by atoms with E-state index < -0.39 is 0 Å². The lowest BCUT2D eigenvalue weighted by molar-refractivity contribution is 1.18. The first-order valence-electron chi connectivity index (χ1n) is 21.7. The number of hydrogen-bond donors (Lipinski definition) is 0. The van der Waals surface area contributed by atoms with Gasteiger partial charge in [-0.15, -0.1) is 0 Å². The topological polar surface area (TPSA) is 17.8 Å². The van der Waals surface area contributed by atoms with Crippen LogP contribution in [0, 0.1) is 0 Å². The molecule has 13 aromatic rings. The average molecular weight is 799 g/mol. The van der Waals surface area contributed by atoms with Crippen molar-refractivity contribution in [2.75, 3.05) is 0 Å². The zero-order valence-corrected chi connectivity index (χ0v) is 34.3. The van der Waals surface area contributed by atoms with Crippen molar-refractivity contribution in [1.82, 2.24) is 9.55 Å². The number of pyridine rings is 1. The molecule has 2 heterocycles. The van der Waals surface area contributed by atoms with Gasteiger partial charge in [0.2, 0.25) is 0 Å². The van der Waals surface area contributed by atoms with Crippen LogP contribution in [-0.2, 0) is 0 Å². The minimum absolute atomic E-state index is 0.982. The maximum atomic E-state index is 5.41. The molecular weight excluding hydrogens is 761 g/mol. The van der Waals surface area contributed by atoms with Crippen molar-refractivity contribution in [2.45, 2.75) is 0 Å². The molecule has 0 amide bonds. The molecule has 292 valence electrons. The molecule has 0 aliphatic carbocycles. The van der Waals surface area contributed by atoms with E-state index >= 15 is 0 Å². The fraction of sp³-hybridized carbons (Fsp3) is 0. The highest BCUT2D eigenvalue weighted by molar-refractivity contribution is 6.30. The number of aromatic nitrogens is 2. The quantitative estimate of drug-likeness (QED) is 0.125. The third-order valence-corrected chi connectivity index (χ3v) is 13.1. The summed E-state index contributed by atoms with van der Waals surface area (Å²) in [7, 11) is 0. The molecule has 0 fully saturated rings. The predicted octanol–water partition coefficient (Wildman–Crippen LogP) is 16.6. The van der Waals surface area contributed by atoms with Crippen LogP contribution in [0.4, 0.5) is 0 Å². The smallest absolute Gasteiger partial charge is 0.0788 e. The minimum Gasteiger partial charge on any atom is -0.309 e. The Morgan fingerprint density at radius 1 is 0.286 bits per heavy atom. The highest BCUT2D eigenvalue weighted by atomic mass is 15.0. The van der Waals surface area contributed by atoms with E-state index in [1.54, 1.807) is 0 Å². The van der Waals surface area contributed by atoms with E-state index in [0.29, 0.717) is 0 Å². The number of para-hydroxylation sites is 2. The van der Waals surface area contributed by atoms with Crippen LogP contribution in [0.25, 0.3) is 126 Å². The van der Waals surface area contributed by atoms with Crippen molar-refractivity contribution in [3.8, 4) is 50.3 Å². The molecule has 13 rings (SSSR count). The number of hydrogen-bond acceptors (Lipinski definition) is 1. The van der Waals surface area contributed by atoms with Crippen molar-refractivity contribution in [2.24, 2.45) is 0 Å². The molecule has 0 atom stereocenters. The maximum absolute atomic E-state index is 5.41. The largest absolute Gasteiger partial charge is 0.309 e. The third-order valence-electron chi connectivity index (χ3n) is 13.1. The highest BCUT2D eigenvalue weighted by Gasteiger charge is 2.21. The highest BCUT2D eigenvalue weighted by Crippen LogP contribution is 2.46. The summed E-state index contributed by atoms with van der Waals surface area (Å²) in [5.41, 5.74) is 13.9. The van der Waals surface area contributed by atoms with Gasteiger partial charge in [-0.05, 0) is 108 Å². The van der Waals surface area contributed by atoms with E-state index in [1.807, 2.05) is 0 Å². The van der Waals surface area contributed by atoms with E-state index in [1.165, 1.54) is 87.3 Å². The van der Waals surface area contributed by atoms with Crippen molar-refractivity contribution in [3.05, 3.63) is 231 Å². The first kappa shape index (κ1) is 35.4. The van der Waals surface area contributed by atoms with Gasteiger partial charge in [0.1, 0.15) is 0 Å². The molecule has 0 unspecified atom stereocenters. The minimum atomic E-state index is 0.982. The van der Waals surface area contributed by atoms with Crippen LogP contribution in [0.2, 0.25) is 0 Å². The molecule has 2 aromatic heterocycles. The van der Waals surface area contributed by atoms with Crippen LogP contribution in [0.3, 0.4) is 0 Å². The molecule has 11 aromatic carbocycles. The molecule has 0 saturated heterocycles. The molecular formula is C61H38N2. The normalized spacial score (nSPS) is 11.8. The van der Waals surface area contributed by atoms with E-state index in [9.17, 15) is 0 Å². The van der Waals surface area contributed by atoms with E-state index in [2.05, 4.69) is 235 Å². The summed E-state index contributed by atoms with van der Waals surface area (Å²) >= 11 is 0. The Hall–Kier alpha value is -8.33. The van der Waals surface area contributed by atoms with Gasteiger partial charge < -0.3 is 4.57 Å². The summed E-state index contributed by atoms with van der Waals surface area (Å²) in [6.07, 6.45) is 0. The van der Waals surface area contributed by atoms with Gasteiger partial charge in [-0.1, -0.05) is 188 Å². The average Bonchev–Trinajstić information content (AvgIpc) is 3.70. The first-order valence-corrected chi connectivity index (χ1v) is 21.7. The fourth-order valence-electron chi connectivity index (χ4n) is 10.3. The maximum Gasteiger partial charge on any atom is 0.0788 e. The summed E-state index contributed by atoms with van der Waals surface area (Å²) in [4.78, 5) is 5.41.